The van der Waals surface area contributed by atoms with Crippen LogP contribution in [-0.2, 0) is 16.1 Å². The highest BCUT2D eigenvalue weighted by atomic mass is 16.5. The van der Waals surface area contributed by atoms with Crippen LogP contribution >= 0.6 is 0 Å². The highest BCUT2D eigenvalue weighted by Gasteiger charge is 2.28. The van der Waals surface area contributed by atoms with Crippen LogP contribution in [0, 0.1) is 0 Å². The van der Waals surface area contributed by atoms with Crippen LogP contribution in [0.25, 0.3) is 0 Å². The van der Waals surface area contributed by atoms with Gasteiger partial charge in [0, 0.05) is 12.1 Å². The van der Waals surface area contributed by atoms with Gasteiger partial charge >= 0.3 is 5.97 Å². The first-order valence-electron chi connectivity index (χ1n) is 6.45. The first-order valence-corrected chi connectivity index (χ1v) is 6.45. The quantitative estimate of drug-likeness (QED) is 0.803. The number of hydrogen-bond donors (Lipinski definition) is 1. The van der Waals surface area contributed by atoms with Gasteiger partial charge in [0.05, 0.1) is 13.2 Å². The maximum Gasteiger partial charge on any atom is 0.325 e. The van der Waals surface area contributed by atoms with Crippen molar-refractivity contribution >= 4 is 5.97 Å². The number of methoxy groups -OCH3 is 1. The molecule has 4 nitrogen and oxygen atoms in total. The summed E-state index contributed by atoms with van der Waals surface area (Å²) in [5.74, 6) is 0.556. The van der Waals surface area contributed by atoms with E-state index in [-0.39, 0.29) is 12.1 Å². The molecule has 0 bridgehead atoms. The average Bonchev–Trinajstić information content (AvgIpc) is 2.36. The molecule has 0 aliphatic carbocycles. The Hall–Kier alpha value is -1.55. The van der Waals surface area contributed by atoms with E-state index in [0.29, 0.717) is 6.54 Å². The molecule has 0 fully saturated rings. The van der Waals surface area contributed by atoms with Crippen molar-refractivity contribution < 1.29 is 14.3 Å². The molecular formula is C15H23NO3. The fourth-order valence-electron chi connectivity index (χ4n) is 1.66. The zero-order valence-corrected chi connectivity index (χ0v) is 12.3. The number of nitrogens with one attached hydrogen (secondary N) is 1. The lowest BCUT2D eigenvalue weighted by atomic mass is 10.1. The van der Waals surface area contributed by atoms with Gasteiger partial charge in [0.2, 0.25) is 0 Å². The second-order valence-electron chi connectivity index (χ2n) is 5.24. The molecule has 0 amide bonds. The minimum absolute atomic E-state index is 0.120. The van der Waals surface area contributed by atoms with Gasteiger partial charge in [-0.1, -0.05) is 18.2 Å². The fourth-order valence-corrected chi connectivity index (χ4v) is 1.66. The monoisotopic (exact) mass is 265 g/mol. The Kier molecular flexibility index (Phi) is 5.36. The largest absolute Gasteiger partial charge is 0.491 e. The van der Waals surface area contributed by atoms with Crippen LogP contribution in [0.1, 0.15) is 33.3 Å². The van der Waals surface area contributed by atoms with Gasteiger partial charge in [0.1, 0.15) is 11.3 Å². The lowest BCUT2D eigenvalue weighted by molar-refractivity contribution is -0.147. The summed E-state index contributed by atoms with van der Waals surface area (Å²) < 4.78 is 10.5. The molecule has 1 aromatic carbocycles. The molecule has 1 rings (SSSR count). The van der Waals surface area contributed by atoms with Gasteiger partial charge in [-0.25, -0.2) is 0 Å². The lowest BCUT2D eigenvalue weighted by Crippen LogP contribution is -2.47. The molecule has 106 valence electrons. The Morgan fingerprint density at radius 3 is 2.53 bits per heavy atom. The Morgan fingerprint density at radius 2 is 1.95 bits per heavy atom. The minimum atomic E-state index is -0.723. The highest BCUT2D eigenvalue weighted by molar-refractivity contribution is 5.79. The van der Waals surface area contributed by atoms with E-state index < -0.39 is 5.54 Å². The molecule has 0 heterocycles. The molecule has 0 aliphatic heterocycles. The fraction of sp³-hybridized carbons (Fsp3) is 0.533. The van der Waals surface area contributed by atoms with Crippen LogP contribution in [0.2, 0.25) is 0 Å². The van der Waals surface area contributed by atoms with Crippen molar-refractivity contribution in [2.75, 3.05) is 7.11 Å². The Bertz CT molecular complexity index is 427. The summed E-state index contributed by atoms with van der Waals surface area (Å²) in [6, 6.07) is 7.81. The molecule has 0 aromatic heterocycles. The number of benzene rings is 1. The van der Waals surface area contributed by atoms with Gasteiger partial charge in [-0.05, 0) is 33.8 Å². The number of esters is 1. The number of carbonyl (C=O) groups is 1. The predicted molar refractivity (Wildman–Crippen MR) is 75.1 cm³/mol. The lowest BCUT2D eigenvalue weighted by Gasteiger charge is -2.24. The van der Waals surface area contributed by atoms with E-state index >= 15 is 0 Å². The van der Waals surface area contributed by atoms with Crippen LogP contribution < -0.4 is 10.1 Å². The summed E-state index contributed by atoms with van der Waals surface area (Å²) in [5, 5.41) is 3.19. The van der Waals surface area contributed by atoms with Crippen molar-refractivity contribution in [3.05, 3.63) is 29.8 Å². The number of hydrogen-bond acceptors (Lipinski definition) is 4. The van der Waals surface area contributed by atoms with Crippen molar-refractivity contribution in [1.82, 2.24) is 5.32 Å². The molecule has 4 heteroatoms. The van der Waals surface area contributed by atoms with E-state index in [1.54, 1.807) is 13.8 Å². The molecule has 1 aromatic rings. The molecule has 0 aliphatic rings. The van der Waals surface area contributed by atoms with Gasteiger partial charge < -0.3 is 9.47 Å². The SMILES string of the molecule is COC(=O)C(C)(C)NCc1ccccc1OC(C)C. The van der Waals surface area contributed by atoms with Crippen molar-refractivity contribution in [3.8, 4) is 5.75 Å². The van der Waals surface area contributed by atoms with Gasteiger partial charge in [0.15, 0.2) is 0 Å². The standard InChI is InChI=1S/C15H23NO3/c1-11(2)19-13-9-7-6-8-12(13)10-16-15(3,4)14(17)18-5/h6-9,11,16H,10H2,1-5H3. The number of rotatable bonds is 6. The Morgan fingerprint density at radius 1 is 1.32 bits per heavy atom. The van der Waals surface area contributed by atoms with Crippen LogP contribution in [-0.4, -0.2) is 24.7 Å². The molecule has 1 N–H and O–H groups in total. The zero-order chi connectivity index (χ0) is 14.5. The second kappa shape index (κ2) is 6.57. The van der Waals surface area contributed by atoms with Crippen molar-refractivity contribution in [2.24, 2.45) is 0 Å². The van der Waals surface area contributed by atoms with Gasteiger partial charge in [0.25, 0.3) is 0 Å². The maximum absolute atomic E-state index is 11.6. The molecule has 0 radical (unpaired) electrons. The molecule has 19 heavy (non-hydrogen) atoms. The molecule has 0 saturated heterocycles. The number of para-hydroxylation sites is 1. The van der Waals surface area contributed by atoms with Crippen LogP contribution in [0.3, 0.4) is 0 Å². The molecule has 0 unspecified atom stereocenters. The van der Waals surface area contributed by atoms with Crippen molar-refractivity contribution in [1.29, 1.82) is 0 Å². The summed E-state index contributed by atoms with van der Waals surface area (Å²) in [5.41, 5.74) is 0.299. The van der Waals surface area contributed by atoms with Gasteiger partial charge in [-0.2, -0.15) is 0 Å². The second-order valence-corrected chi connectivity index (χ2v) is 5.24. The molecule has 0 saturated carbocycles. The van der Waals surface area contributed by atoms with Gasteiger partial charge in [-0.15, -0.1) is 0 Å². The third-order valence-electron chi connectivity index (χ3n) is 2.75. The third kappa shape index (κ3) is 4.56. The van der Waals surface area contributed by atoms with E-state index in [0.717, 1.165) is 11.3 Å². The summed E-state index contributed by atoms with van der Waals surface area (Å²) in [7, 11) is 1.39. The Labute approximate surface area is 115 Å². The first-order chi connectivity index (χ1) is 8.86. The van der Waals surface area contributed by atoms with E-state index in [4.69, 9.17) is 9.47 Å². The van der Waals surface area contributed by atoms with Crippen molar-refractivity contribution in [3.63, 3.8) is 0 Å². The Balaban J connectivity index is 2.75. The summed E-state index contributed by atoms with van der Waals surface area (Å²) in [6.07, 6.45) is 0.120. The maximum atomic E-state index is 11.6. The number of carbonyl (C=O) groups excluding carboxylic acids is 1. The highest BCUT2D eigenvalue weighted by Crippen LogP contribution is 2.20. The van der Waals surface area contributed by atoms with Crippen LogP contribution in [0.4, 0.5) is 0 Å². The smallest absolute Gasteiger partial charge is 0.325 e. The van der Waals surface area contributed by atoms with Gasteiger partial charge in [-0.3, -0.25) is 10.1 Å². The van der Waals surface area contributed by atoms with E-state index in [2.05, 4.69) is 5.32 Å². The number of ether oxygens (including phenoxy) is 2. The first kappa shape index (κ1) is 15.5. The van der Waals surface area contributed by atoms with E-state index in [1.165, 1.54) is 7.11 Å². The molecule has 0 atom stereocenters. The molecular weight excluding hydrogens is 242 g/mol. The predicted octanol–water partition coefficient (Wildman–Crippen LogP) is 2.52. The average molecular weight is 265 g/mol. The summed E-state index contributed by atoms with van der Waals surface area (Å²) >= 11 is 0. The summed E-state index contributed by atoms with van der Waals surface area (Å²) in [6.45, 7) is 8.12. The van der Waals surface area contributed by atoms with Crippen LogP contribution in [0.15, 0.2) is 24.3 Å². The minimum Gasteiger partial charge on any atom is -0.491 e. The normalized spacial score (nSPS) is 11.5. The zero-order valence-electron chi connectivity index (χ0n) is 12.3. The van der Waals surface area contributed by atoms with E-state index in [9.17, 15) is 4.79 Å². The molecule has 0 spiro atoms. The van der Waals surface area contributed by atoms with E-state index in [1.807, 2.05) is 38.1 Å². The summed E-state index contributed by atoms with van der Waals surface area (Å²) in [4.78, 5) is 11.6. The van der Waals surface area contributed by atoms with Crippen molar-refractivity contribution in [2.45, 2.75) is 45.9 Å². The topological polar surface area (TPSA) is 47.6 Å². The van der Waals surface area contributed by atoms with Crippen LogP contribution in [0.5, 0.6) is 5.75 Å². The third-order valence-corrected chi connectivity index (χ3v) is 2.75.